The fraction of sp³-hybridized carbons (Fsp3) is 0.296. The van der Waals surface area contributed by atoms with E-state index in [2.05, 4.69) is 42.3 Å². The van der Waals surface area contributed by atoms with Gasteiger partial charge in [0.1, 0.15) is 0 Å². The molecule has 0 fully saturated rings. The Hall–Kier alpha value is -3.67. The number of ether oxygens (including phenoxy) is 4. The minimum atomic E-state index is -0.424. The predicted molar refractivity (Wildman–Crippen MR) is 127 cm³/mol. The highest BCUT2D eigenvalue weighted by molar-refractivity contribution is 6.02. The van der Waals surface area contributed by atoms with Crippen molar-refractivity contribution in [1.29, 1.82) is 0 Å². The Morgan fingerprint density at radius 1 is 0.970 bits per heavy atom. The summed E-state index contributed by atoms with van der Waals surface area (Å²) in [6.07, 6.45) is 0.366. The molecule has 6 nitrogen and oxygen atoms in total. The minimum Gasteiger partial charge on any atom is -0.493 e. The first kappa shape index (κ1) is 21.2. The molecule has 0 spiro atoms. The molecule has 0 aliphatic carbocycles. The number of fused-ring (bicyclic) bond motifs is 3. The lowest BCUT2D eigenvalue weighted by molar-refractivity contribution is -0.0213. The first-order chi connectivity index (χ1) is 16.1. The number of para-hydroxylation sites is 1. The Bertz CT molecular complexity index is 1190. The minimum absolute atomic E-state index is 0.0450. The van der Waals surface area contributed by atoms with Crippen molar-refractivity contribution in [1.82, 2.24) is 5.01 Å². The second-order valence-corrected chi connectivity index (χ2v) is 8.20. The van der Waals surface area contributed by atoms with Crippen LogP contribution in [0.3, 0.4) is 0 Å². The van der Waals surface area contributed by atoms with E-state index < -0.39 is 6.23 Å². The molecule has 6 heteroatoms. The molecule has 3 aromatic rings. The lowest BCUT2D eigenvalue weighted by Crippen LogP contribution is -2.34. The summed E-state index contributed by atoms with van der Waals surface area (Å²) in [7, 11) is 3.27. The SMILES string of the molecule is CCOc1cccc2c1O[C@H](c1ccc(OC)c(OC)c1)N1N=C(c3ccc(C)cc3)C[C@@H]21. The number of rotatable bonds is 6. The quantitative estimate of drug-likeness (QED) is 0.492. The van der Waals surface area contributed by atoms with Gasteiger partial charge in [-0.3, -0.25) is 0 Å². The van der Waals surface area contributed by atoms with Crippen LogP contribution >= 0.6 is 0 Å². The summed E-state index contributed by atoms with van der Waals surface area (Å²) >= 11 is 0. The molecule has 0 saturated heterocycles. The summed E-state index contributed by atoms with van der Waals surface area (Å²) in [6.45, 7) is 4.64. The van der Waals surface area contributed by atoms with Crippen LogP contribution in [0.1, 0.15) is 47.9 Å². The van der Waals surface area contributed by atoms with E-state index in [1.807, 2.05) is 37.3 Å². The van der Waals surface area contributed by atoms with Gasteiger partial charge in [0.25, 0.3) is 0 Å². The van der Waals surface area contributed by atoms with Crippen LogP contribution in [0.15, 0.2) is 65.8 Å². The number of nitrogens with zero attached hydrogens (tertiary/aromatic N) is 2. The largest absolute Gasteiger partial charge is 0.493 e. The van der Waals surface area contributed by atoms with Crippen molar-refractivity contribution in [3.05, 3.63) is 82.9 Å². The molecule has 0 radical (unpaired) electrons. The van der Waals surface area contributed by atoms with E-state index in [0.29, 0.717) is 18.1 Å². The normalized spacial score (nSPS) is 18.7. The van der Waals surface area contributed by atoms with Gasteiger partial charge >= 0.3 is 0 Å². The van der Waals surface area contributed by atoms with Gasteiger partial charge in [0.2, 0.25) is 6.23 Å². The van der Waals surface area contributed by atoms with Crippen molar-refractivity contribution in [2.75, 3.05) is 20.8 Å². The standard InChI is InChI=1S/C27H28N2O4/c1-5-32-24-8-6-7-20-22-16-21(18-11-9-17(2)10-12-18)28-29(22)27(33-26(20)24)19-13-14-23(30-3)25(15-19)31-4/h6-15,22,27H,5,16H2,1-4H3/t22-,27+/m0/s1. The fourth-order valence-corrected chi connectivity index (χ4v) is 4.50. The Kier molecular flexibility index (Phi) is 5.58. The van der Waals surface area contributed by atoms with E-state index in [1.165, 1.54) is 5.56 Å². The van der Waals surface area contributed by atoms with E-state index in [1.54, 1.807) is 14.2 Å². The molecule has 0 N–H and O–H groups in total. The molecule has 0 saturated carbocycles. The predicted octanol–water partition coefficient (Wildman–Crippen LogP) is 5.65. The zero-order chi connectivity index (χ0) is 22.9. The lowest BCUT2D eigenvalue weighted by Gasteiger charge is -2.38. The average molecular weight is 445 g/mol. The summed E-state index contributed by atoms with van der Waals surface area (Å²) < 4.78 is 23.5. The molecule has 2 atom stereocenters. The van der Waals surface area contributed by atoms with Gasteiger partial charge in [-0.1, -0.05) is 42.0 Å². The van der Waals surface area contributed by atoms with E-state index in [0.717, 1.165) is 40.3 Å². The molecule has 2 heterocycles. The summed E-state index contributed by atoms with van der Waals surface area (Å²) in [5, 5.41) is 7.12. The maximum Gasteiger partial charge on any atom is 0.214 e. The van der Waals surface area contributed by atoms with E-state index >= 15 is 0 Å². The summed E-state index contributed by atoms with van der Waals surface area (Å²) in [5.74, 6) is 2.86. The molecule has 2 aliphatic rings. The molecule has 33 heavy (non-hydrogen) atoms. The van der Waals surface area contributed by atoms with Crippen molar-refractivity contribution >= 4 is 5.71 Å². The molecule has 5 rings (SSSR count). The molecular formula is C27H28N2O4. The fourth-order valence-electron chi connectivity index (χ4n) is 4.50. The highest BCUT2D eigenvalue weighted by atomic mass is 16.5. The van der Waals surface area contributed by atoms with Gasteiger partial charge in [0, 0.05) is 17.5 Å². The number of hydrogen-bond donors (Lipinski definition) is 0. The number of benzene rings is 3. The topological polar surface area (TPSA) is 52.5 Å². The second-order valence-electron chi connectivity index (χ2n) is 8.20. The third kappa shape index (κ3) is 3.75. The number of hydrazone groups is 1. The molecular weight excluding hydrogens is 416 g/mol. The van der Waals surface area contributed by atoms with Crippen molar-refractivity contribution in [3.63, 3.8) is 0 Å². The Balaban J connectivity index is 1.61. The summed E-state index contributed by atoms with van der Waals surface area (Å²) in [6, 6.07) is 20.5. The van der Waals surface area contributed by atoms with Crippen LogP contribution < -0.4 is 18.9 Å². The molecule has 170 valence electrons. The van der Waals surface area contributed by atoms with Gasteiger partial charge in [-0.15, -0.1) is 0 Å². The number of hydrogen-bond acceptors (Lipinski definition) is 6. The average Bonchev–Trinajstić information content (AvgIpc) is 3.30. The summed E-state index contributed by atoms with van der Waals surface area (Å²) in [4.78, 5) is 0. The van der Waals surface area contributed by atoms with Crippen LogP contribution in [-0.2, 0) is 0 Å². The van der Waals surface area contributed by atoms with Gasteiger partial charge < -0.3 is 18.9 Å². The molecule has 0 unspecified atom stereocenters. The van der Waals surface area contributed by atoms with Crippen LogP contribution in [-0.4, -0.2) is 31.5 Å². The third-order valence-electron chi connectivity index (χ3n) is 6.16. The van der Waals surface area contributed by atoms with Crippen LogP contribution in [0.5, 0.6) is 23.0 Å². The van der Waals surface area contributed by atoms with Crippen molar-refractivity contribution < 1.29 is 18.9 Å². The van der Waals surface area contributed by atoms with E-state index in [4.69, 9.17) is 24.0 Å². The summed E-state index contributed by atoms with van der Waals surface area (Å²) in [5.41, 5.74) is 5.42. The second kappa shape index (κ2) is 8.70. The first-order valence-corrected chi connectivity index (χ1v) is 11.2. The smallest absolute Gasteiger partial charge is 0.214 e. The number of aryl methyl sites for hydroxylation is 1. The molecule has 0 aromatic heterocycles. The first-order valence-electron chi connectivity index (χ1n) is 11.2. The highest BCUT2D eigenvalue weighted by Crippen LogP contribution is 2.51. The maximum atomic E-state index is 6.59. The number of methoxy groups -OCH3 is 2. The Morgan fingerprint density at radius 2 is 1.76 bits per heavy atom. The molecule has 0 amide bonds. The maximum absolute atomic E-state index is 6.59. The van der Waals surface area contributed by atoms with E-state index in [9.17, 15) is 0 Å². The van der Waals surface area contributed by atoms with Gasteiger partial charge in [0.05, 0.1) is 32.6 Å². The van der Waals surface area contributed by atoms with Crippen molar-refractivity contribution in [2.45, 2.75) is 32.5 Å². The van der Waals surface area contributed by atoms with Crippen molar-refractivity contribution in [2.24, 2.45) is 5.10 Å². The van der Waals surface area contributed by atoms with Crippen LogP contribution in [0.2, 0.25) is 0 Å². The van der Waals surface area contributed by atoms with Gasteiger partial charge in [-0.05, 0) is 43.7 Å². The molecule has 2 aliphatic heterocycles. The van der Waals surface area contributed by atoms with Crippen molar-refractivity contribution in [3.8, 4) is 23.0 Å². The molecule has 3 aromatic carbocycles. The zero-order valence-electron chi connectivity index (χ0n) is 19.4. The molecule has 0 bridgehead atoms. The third-order valence-corrected chi connectivity index (χ3v) is 6.16. The zero-order valence-corrected chi connectivity index (χ0v) is 19.4. The highest BCUT2D eigenvalue weighted by Gasteiger charge is 2.42. The van der Waals surface area contributed by atoms with E-state index in [-0.39, 0.29) is 6.04 Å². The van der Waals surface area contributed by atoms with Crippen LogP contribution in [0.25, 0.3) is 0 Å². The van der Waals surface area contributed by atoms with Gasteiger partial charge in [0.15, 0.2) is 23.0 Å². The van der Waals surface area contributed by atoms with Crippen LogP contribution in [0, 0.1) is 6.92 Å². The Labute approximate surface area is 194 Å². The van der Waals surface area contributed by atoms with Gasteiger partial charge in [-0.2, -0.15) is 5.10 Å². The lowest BCUT2D eigenvalue weighted by atomic mass is 9.95. The van der Waals surface area contributed by atoms with Gasteiger partial charge in [-0.25, -0.2) is 5.01 Å². The van der Waals surface area contributed by atoms with Crippen LogP contribution in [0.4, 0.5) is 0 Å². The monoisotopic (exact) mass is 444 g/mol. The Morgan fingerprint density at radius 3 is 2.48 bits per heavy atom.